The van der Waals surface area contributed by atoms with Gasteiger partial charge in [-0.25, -0.2) is 0 Å². The standard InChI is InChI=1S/C10H12N2O3/c1-8(6-11)7-15-10-5-3-2-4-9(10)12(13)14/h2-5H,1,6-7,11H2. The normalized spacial score (nSPS) is 9.67. The number of nitrogens with zero attached hydrogens (tertiary/aromatic N) is 1. The van der Waals surface area contributed by atoms with Crippen molar-refractivity contribution >= 4 is 5.69 Å². The van der Waals surface area contributed by atoms with Crippen LogP contribution in [0.2, 0.25) is 0 Å². The molecule has 15 heavy (non-hydrogen) atoms. The zero-order valence-corrected chi connectivity index (χ0v) is 8.18. The molecule has 0 atom stereocenters. The second-order valence-corrected chi connectivity index (χ2v) is 2.97. The molecule has 0 radical (unpaired) electrons. The van der Waals surface area contributed by atoms with Gasteiger partial charge in [-0.2, -0.15) is 0 Å². The smallest absolute Gasteiger partial charge is 0.310 e. The van der Waals surface area contributed by atoms with Gasteiger partial charge in [-0.1, -0.05) is 18.7 Å². The van der Waals surface area contributed by atoms with Crippen molar-refractivity contribution in [1.82, 2.24) is 0 Å². The lowest BCUT2D eigenvalue weighted by Crippen LogP contribution is -2.10. The zero-order valence-electron chi connectivity index (χ0n) is 8.18. The van der Waals surface area contributed by atoms with Crippen molar-refractivity contribution in [1.29, 1.82) is 0 Å². The summed E-state index contributed by atoms with van der Waals surface area (Å²) in [6, 6.07) is 6.19. The SMILES string of the molecule is C=C(CN)COc1ccccc1[N+](=O)[O-]. The molecule has 80 valence electrons. The number of nitrogens with two attached hydrogens (primary N) is 1. The van der Waals surface area contributed by atoms with Gasteiger partial charge in [0, 0.05) is 12.6 Å². The molecule has 0 amide bonds. The van der Waals surface area contributed by atoms with Crippen LogP contribution >= 0.6 is 0 Å². The molecule has 0 aromatic heterocycles. The van der Waals surface area contributed by atoms with E-state index in [-0.39, 0.29) is 18.0 Å². The third-order valence-electron chi connectivity index (χ3n) is 1.78. The van der Waals surface area contributed by atoms with Gasteiger partial charge in [0.1, 0.15) is 6.61 Å². The van der Waals surface area contributed by atoms with E-state index in [1.165, 1.54) is 6.07 Å². The molecule has 1 rings (SSSR count). The summed E-state index contributed by atoms with van der Waals surface area (Å²) in [4.78, 5) is 10.1. The Balaban J connectivity index is 2.76. The molecule has 0 aliphatic carbocycles. The van der Waals surface area contributed by atoms with Crippen LogP contribution in [0.4, 0.5) is 5.69 Å². The molecule has 0 bridgehead atoms. The van der Waals surface area contributed by atoms with Crippen LogP contribution in [-0.4, -0.2) is 18.1 Å². The van der Waals surface area contributed by atoms with E-state index in [9.17, 15) is 10.1 Å². The third-order valence-corrected chi connectivity index (χ3v) is 1.78. The molecule has 5 heteroatoms. The molecule has 0 fully saturated rings. The fraction of sp³-hybridized carbons (Fsp3) is 0.200. The van der Waals surface area contributed by atoms with Crippen LogP contribution in [0.3, 0.4) is 0 Å². The van der Waals surface area contributed by atoms with E-state index >= 15 is 0 Å². The van der Waals surface area contributed by atoms with Crippen molar-refractivity contribution in [2.24, 2.45) is 5.73 Å². The molecule has 0 aliphatic rings. The van der Waals surface area contributed by atoms with Gasteiger partial charge in [0.2, 0.25) is 0 Å². The largest absolute Gasteiger partial charge is 0.482 e. The van der Waals surface area contributed by atoms with E-state index in [0.29, 0.717) is 12.1 Å². The van der Waals surface area contributed by atoms with E-state index in [2.05, 4.69) is 6.58 Å². The maximum absolute atomic E-state index is 10.6. The Morgan fingerprint density at radius 3 is 2.80 bits per heavy atom. The first-order valence-corrected chi connectivity index (χ1v) is 4.38. The van der Waals surface area contributed by atoms with Crippen molar-refractivity contribution in [3.63, 3.8) is 0 Å². The Kier molecular flexibility index (Phi) is 3.82. The second-order valence-electron chi connectivity index (χ2n) is 2.97. The van der Waals surface area contributed by atoms with E-state index < -0.39 is 4.92 Å². The average molecular weight is 208 g/mol. The second kappa shape index (κ2) is 5.11. The van der Waals surface area contributed by atoms with E-state index in [1.807, 2.05) is 0 Å². The van der Waals surface area contributed by atoms with Crippen molar-refractivity contribution < 1.29 is 9.66 Å². The average Bonchev–Trinajstić information content (AvgIpc) is 2.26. The fourth-order valence-corrected chi connectivity index (χ4v) is 0.969. The molecular formula is C10H12N2O3. The number of ether oxygens (including phenoxy) is 1. The molecule has 0 heterocycles. The molecule has 0 unspecified atom stereocenters. The minimum Gasteiger partial charge on any atom is -0.482 e. The highest BCUT2D eigenvalue weighted by Gasteiger charge is 2.13. The van der Waals surface area contributed by atoms with Gasteiger partial charge in [0.15, 0.2) is 5.75 Å². The van der Waals surface area contributed by atoms with Crippen molar-refractivity contribution in [3.8, 4) is 5.75 Å². The number of hydrogen-bond acceptors (Lipinski definition) is 4. The van der Waals surface area contributed by atoms with Gasteiger partial charge in [-0.05, 0) is 11.6 Å². The monoisotopic (exact) mass is 208 g/mol. The van der Waals surface area contributed by atoms with Crippen LogP contribution in [0.25, 0.3) is 0 Å². The first-order chi connectivity index (χ1) is 7.15. The Morgan fingerprint density at radius 2 is 2.20 bits per heavy atom. The minimum absolute atomic E-state index is 0.0534. The Labute approximate surface area is 87.3 Å². The summed E-state index contributed by atoms with van der Waals surface area (Å²) in [5, 5.41) is 10.6. The number of para-hydroxylation sites is 2. The molecule has 0 spiro atoms. The van der Waals surface area contributed by atoms with E-state index in [0.717, 1.165) is 0 Å². The number of nitro benzene ring substituents is 1. The highest BCUT2D eigenvalue weighted by atomic mass is 16.6. The van der Waals surface area contributed by atoms with Gasteiger partial charge in [0.05, 0.1) is 4.92 Å². The summed E-state index contributed by atoms with van der Waals surface area (Å²) < 4.78 is 5.23. The van der Waals surface area contributed by atoms with Crippen LogP contribution in [0.5, 0.6) is 5.75 Å². The quantitative estimate of drug-likeness (QED) is 0.451. The number of nitro groups is 1. The van der Waals surface area contributed by atoms with Crippen LogP contribution in [0.1, 0.15) is 0 Å². The first kappa shape index (κ1) is 11.2. The predicted octanol–water partition coefficient (Wildman–Crippen LogP) is 1.49. The van der Waals surface area contributed by atoms with Crippen LogP contribution in [-0.2, 0) is 0 Å². The predicted molar refractivity (Wildman–Crippen MR) is 56.8 cm³/mol. The van der Waals surface area contributed by atoms with Gasteiger partial charge >= 0.3 is 5.69 Å². The Hall–Kier alpha value is -1.88. The van der Waals surface area contributed by atoms with Crippen LogP contribution in [0.15, 0.2) is 36.4 Å². The van der Waals surface area contributed by atoms with E-state index in [4.69, 9.17) is 10.5 Å². The van der Waals surface area contributed by atoms with E-state index in [1.54, 1.807) is 18.2 Å². The lowest BCUT2D eigenvalue weighted by atomic mass is 10.3. The maximum atomic E-state index is 10.6. The summed E-state index contributed by atoms with van der Waals surface area (Å²) >= 11 is 0. The molecule has 1 aromatic rings. The molecule has 0 saturated carbocycles. The molecule has 0 aliphatic heterocycles. The number of benzene rings is 1. The summed E-state index contributed by atoms with van der Waals surface area (Å²) in [7, 11) is 0. The Morgan fingerprint density at radius 1 is 1.53 bits per heavy atom. The molecule has 5 nitrogen and oxygen atoms in total. The maximum Gasteiger partial charge on any atom is 0.310 e. The minimum atomic E-state index is -0.486. The summed E-state index contributed by atoms with van der Waals surface area (Å²) in [6.45, 7) is 4.14. The van der Waals surface area contributed by atoms with Gasteiger partial charge in [-0.15, -0.1) is 0 Å². The first-order valence-electron chi connectivity index (χ1n) is 4.38. The number of hydrogen-bond donors (Lipinski definition) is 1. The van der Waals surface area contributed by atoms with Crippen molar-refractivity contribution in [3.05, 3.63) is 46.5 Å². The molecule has 1 aromatic carbocycles. The number of rotatable bonds is 5. The molecule has 2 N–H and O–H groups in total. The summed E-state index contributed by atoms with van der Waals surface area (Å²) in [5.41, 5.74) is 5.96. The highest BCUT2D eigenvalue weighted by Crippen LogP contribution is 2.25. The third kappa shape index (κ3) is 3.07. The van der Waals surface area contributed by atoms with Crippen LogP contribution in [0, 0.1) is 10.1 Å². The summed E-state index contributed by atoms with van der Waals surface area (Å²) in [5.74, 6) is 0.233. The Bertz CT molecular complexity index is 377. The fourth-order valence-electron chi connectivity index (χ4n) is 0.969. The highest BCUT2D eigenvalue weighted by molar-refractivity contribution is 5.45. The van der Waals surface area contributed by atoms with Gasteiger partial charge in [0.25, 0.3) is 0 Å². The zero-order chi connectivity index (χ0) is 11.3. The molecule has 0 saturated heterocycles. The van der Waals surface area contributed by atoms with Gasteiger partial charge in [-0.3, -0.25) is 10.1 Å². The van der Waals surface area contributed by atoms with Crippen molar-refractivity contribution in [2.75, 3.05) is 13.2 Å². The molecular weight excluding hydrogens is 196 g/mol. The topological polar surface area (TPSA) is 78.4 Å². The lowest BCUT2D eigenvalue weighted by Gasteiger charge is -2.06. The lowest BCUT2D eigenvalue weighted by molar-refractivity contribution is -0.385. The van der Waals surface area contributed by atoms with Crippen molar-refractivity contribution in [2.45, 2.75) is 0 Å². The summed E-state index contributed by atoms with van der Waals surface area (Å²) in [6.07, 6.45) is 0. The van der Waals surface area contributed by atoms with Crippen LogP contribution < -0.4 is 10.5 Å². The van der Waals surface area contributed by atoms with Gasteiger partial charge < -0.3 is 10.5 Å².